The van der Waals surface area contributed by atoms with Gasteiger partial charge in [-0.1, -0.05) is 42.5 Å². The van der Waals surface area contributed by atoms with Gasteiger partial charge in [0.15, 0.2) is 0 Å². The molecule has 0 unspecified atom stereocenters. The van der Waals surface area contributed by atoms with Crippen LogP contribution in [0.1, 0.15) is 34.8 Å². The first-order chi connectivity index (χ1) is 15.9. The molecule has 2 rings (SSSR count). The van der Waals surface area contributed by atoms with E-state index in [-0.39, 0.29) is 25.8 Å². The highest BCUT2D eigenvalue weighted by Gasteiger charge is 2.16. The van der Waals surface area contributed by atoms with Crippen molar-refractivity contribution in [3.8, 4) is 0 Å². The van der Waals surface area contributed by atoms with Gasteiger partial charge >= 0.3 is 18.0 Å². The Morgan fingerprint density at radius 2 is 1.58 bits per heavy atom. The maximum Gasteiger partial charge on any atom is 0.338 e. The van der Waals surface area contributed by atoms with Crippen LogP contribution in [0.25, 0.3) is 0 Å². The van der Waals surface area contributed by atoms with Crippen LogP contribution in [0.5, 0.6) is 0 Å². The summed E-state index contributed by atoms with van der Waals surface area (Å²) in [5.74, 6) is -0.877. The van der Waals surface area contributed by atoms with E-state index in [4.69, 9.17) is 9.47 Å². The van der Waals surface area contributed by atoms with Crippen LogP contribution in [0, 0.1) is 0 Å². The number of nitrogens with zero attached hydrogens (tertiary/aromatic N) is 2. The van der Waals surface area contributed by atoms with E-state index in [9.17, 15) is 14.4 Å². The summed E-state index contributed by atoms with van der Waals surface area (Å²) < 4.78 is 10.2. The normalized spacial score (nSPS) is 10.5. The van der Waals surface area contributed by atoms with Gasteiger partial charge < -0.3 is 24.6 Å². The Morgan fingerprint density at radius 1 is 0.879 bits per heavy atom. The van der Waals surface area contributed by atoms with Crippen molar-refractivity contribution in [3.05, 3.63) is 71.3 Å². The average Bonchev–Trinajstić information content (AvgIpc) is 2.81. The van der Waals surface area contributed by atoms with Crippen LogP contribution >= 0.6 is 0 Å². The quantitative estimate of drug-likeness (QED) is 0.495. The van der Waals surface area contributed by atoms with Crippen LogP contribution in [0.2, 0.25) is 0 Å². The van der Waals surface area contributed by atoms with Gasteiger partial charge in [0.05, 0.1) is 12.2 Å². The second-order valence-corrected chi connectivity index (χ2v) is 7.80. The van der Waals surface area contributed by atoms with E-state index in [1.54, 1.807) is 36.1 Å². The summed E-state index contributed by atoms with van der Waals surface area (Å²) in [6, 6.07) is 16.1. The van der Waals surface area contributed by atoms with Gasteiger partial charge in [-0.2, -0.15) is 0 Å². The summed E-state index contributed by atoms with van der Waals surface area (Å²) in [4.78, 5) is 40.2. The summed E-state index contributed by atoms with van der Waals surface area (Å²) in [6.45, 7) is 3.71. The van der Waals surface area contributed by atoms with Gasteiger partial charge in [-0.3, -0.25) is 4.79 Å². The van der Waals surface area contributed by atoms with Gasteiger partial charge in [0.1, 0.15) is 13.2 Å². The Bertz CT molecular complexity index is 885. The second kappa shape index (κ2) is 13.9. The Balaban J connectivity index is 1.95. The fraction of sp³-hybridized carbons (Fsp3) is 0.400. The van der Waals surface area contributed by atoms with Crippen molar-refractivity contribution in [1.29, 1.82) is 0 Å². The lowest BCUT2D eigenvalue weighted by atomic mass is 10.1. The minimum Gasteiger partial charge on any atom is -0.465 e. The summed E-state index contributed by atoms with van der Waals surface area (Å²) in [7, 11) is 3.95. The minimum absolute atomic E-state index is 0.178. The molecular formula is C25H33N3O5. The standard InChI is InChI=1S/C25H33N3O5/c1-4-32-23(29)17-26-25(31)28(16-8-15-27(2)3)18-20-11-13-22(14-12-20)24(30)33-19-21-9-6-5-7-10-21/h5-7,9-14H,4,8,15-19H2,1-3H3,(H,26,31). The van der Waals surface area contributed by atoms with Gasteiger partial charge in [-0.15, -0.1) is 0 Å². The van der Waals surface area contributed by atoms with Gasteiger partial charge in [-0.05, 0) is 57.2 Å². The first-order valence-corrected chi connectivity index (χ1v) is 11.0. The molecule has 178 valence electrons. The van der Waals surface area contributed by atoms with Crippen molar-refractivity contribution in [2.75, 3.05) is 40.3 Å². The predicted molar refractivity (Wildman–Crippen MR) is 126 cm³/mol. The first kappa shape index (κ1) is 25.9. The number of rotatable bonds is 12. The van der Waals surface area contributed by atoms with Crippen LogP contribution in [-0.4, -0.2) is 68.1 Å². The van der Waals surface area contributed by atoms with Gasteiger partial charge in [0, 0.05) is 13.1 Å². The van der Waals surface area contributed by atoms with Crippen LogP contribution in [-0.2, 0) is 27.4 Å². The number of benzene rings is 2. The van der Waals surface area contributed by atoms with E-state index >= 15 is 0 Å². The van der Waals surface area contributed by atoms with E-state index < -0.39 is 11.9 Å². The lowest BCUT2D eigenvalue weighted by Crippen LogP contribution is -2.43. The van der Waals surface area contributed by atoms with Crippen molar-refractivity contribution >= 4 is 18.0 Å². The number of hydrogen-bond donors (Lipinski definition) is 1. The molecule has 8 nitrogen and oxygen atoms in total. The van der Waals surface area contributed by atoms with E-state index in [0.29, 0.717) is 18.7 Å². The van der Waals surface area contributed by atoms with Crippen molar-refractivity contribution in [2.24, 2.45) is 0 Å². The number of urea groups is 1. The number of hydrogen-bond acceptors (Lipinski definition) is 6. The fourth-order valence-corrected chi connectivity index (χ4v) is 3.07. The van der Waals surface area contributed by atoms with E-state index in [1.165, 1.54) is 0 Å². The summed E-state index contributed by atoms with van der Waals surface area (Å²) in [5, 5.41) is 2.61. The molecule has 33 heavy (non-hydrogen) atoms. The lowest BCUT2D eigenvalue weighted by Gasteiger charge is -2.24. The number of carbonyl (C=O) groups excluding carboxylic acids is 3. The lowest BCUT2D eigenvalue weighted by molar-refractivity contribution is -0.141. The molecule has 2 aromatic rings. The molecule has 0 saturated carbocycles. The summed E-state index contributed by atoms with van der Waals surface area (Å²) in [6.07, 6.45) is 0.781. The highest BCUT2D eigenvalue weighted by Crippen LogP contribution is 2.11. The van der Waals surface area contributed by atoms with E-state index in [2.05, 4.69) is 5.32 Å². The minimum atomic E-state index is -0.475. The SMILES string of the molecule is CCOC(=O)CNC(=O)N(CCCN(C)C)Cc1ccc(C(=O)OCc2ccccc2)cc1. The Hall–Kier alpha value is -3.39. The molecule has 0 aromatic heterocycles. The van der Waals surface area contributed by atoms with Crippen LogP contribution in [0.4, 0.5) is 4.79 Å². The maximum absolute atomic E-state index is 12.6. The zero-order chi connectivity index (χ0) is 24.1. The van der Waals surface area contributed by atoms with Crippen molar-refractivity contribution < 1.29 is 23.9 Å². The molecule has 2 aromatic carbocycles. The Morgan fingerprint density at radius 3 is 2.21 bits per heavy atom. The predicted octanol–water partition coefficient (Wildman–Crippen LogP) is 3.07. The molecule has 0 spiro atoms. The number of esters is 2. The van der Waals surface area contributed by atoms with Crippen LogP contribution in [0.15, 0.2) is 54.6 Å². The molecule has 0 fully saturated rings. The third kappa shape index (κ3) is 9.74. The van der Waals surface area contributed by atoms with Crippen LogP contribution < -0.4 is 5.32 Å². The van der Waals surface area contributed by atoms with E-state index in [0.717, 1.165) is 24.1 Å². The van der Waals surface area contributed by atoms with E-state index in [1.807, 2.05) is 49.3 Å². The summed E-state index contributed by atoms with van der Waals surface area (Å²) >= 11 is 0. The third-order valence-electron chi connectivity index (χ3n) is 4.79. The maximum atomic E-state index is 12.6. The summed E-state index contributed by atoms with van der Waals surface area (Å²) in [5.41, 5.74) is 2.23. The Labute approximate surface area is 195 Å². The molecule has 0 aliphatic rings. The zero-order valence-corrected chi connectivity index (χ0v) is 19.6. The highest BCUT2D eigenvalue weighted by atomic mass is 16.5. The molecule has 0 radical (unpaired) electrons. The molecule has 0 atom stereocenters. The molecule has 0 aliphatic carbocycles. The number of ether oxygens (including phenoxy) is 2. The molecule has 0 aliphatic heterocycles. The molecule has 0 heterocycles. The van der Waals surface area contributed by atoms with Crippen LogP contribution in [0.3, 0.4) is 0 Å². The van der Waals surface area contributed by atoms with Gasteiger partial charge in [0.25, 0.3) is 0 Å². The third-order valence-corrected chi connectivity index (χ3v) is 4.79. The topological polar surface area (TPSA) is 88.2 Å². The molecule has 8 heteroatoms. The second-order valence-electron chi connectivity index (χ2n) is 7.80. The number of amides is 2. The molecule has 0 saturated heterocycles. The molecular weight excluding hydrogens is 422 g/mol. The fourth-order valence-electron chi connectivity index (χ4n) is 3.07. The largest absolute Gasteiger partial charge is 0.465 e. The van der Waals surface area contributed by atoms with Gasteiger partial charge in [0.2, 0.25) is 0 Å². The monoisotopic (exact) mass is 455 g/mol. The molecule has 2 amide bonds. The smallest absolute Gasteiger partial charge is 0.338 e. The highest BCUT2D eigenvalue weighted by molar-refractivity contribution is 5.89. The molecule has 1 N–H and O–H groups in total. The number of nitrogens with one attached hydrogen (secondary N) is 1. The zero-order valence-electron chi connectivity index (χ0n) is 19.6. The molecule has 0 bridgehead atoms. The van der Waals surface area contributed by atoms with Crippen molar-refractivity contribution in [3.63, 3.8) is 0 Å². The van der Waals surface area contributed by atoms with Crippen molar-refractivity contribution in [1.82, 2.24) is 15.1 Å². The van der Waals surface area contributed by atoms with Crippen molar-refractivity contribution in [2.45, 2.75) is 26.5 Å². The van der Waals surface area contributed by atoms with Gasteiger partial charge in [-0.25, -0.2) is 9.59 Å². The number of carbonyl (C=O) groups is 3. The first-order valence-electron chi connectivity index (χ1n) is 11.0. The Kier molecular flexibility index (Phi) is 10.9. The average molecular weight is 456 g/mol.